The van der Waals surface area contributed by atoms with Gasteiger partial charge in [0.2, 0.25) is 0 Å². The summed E-state index contributed by atoms with van der Waals surface area (Å²) in [6.07, 6.45) is 0. The fourth-order valence-corrected chi connectivity index (χ4v) is 2.78. The lowest BCUT2D eigenvalue weighted by molar-refractivity contribution is 0.0966. The molecular formula is C19H12ClFN4O2. The fourth-order valence-electron chi connectivity index (χ4n) is 2.65. The van der Waals surface area contributed by atoms with Crippen molar-refractivity contribution in [3.8, 4) is 11.3 Å². The second-order valence-corrected chi connectivity index (χ2v) is 6.30. The minimum atomic E-state index is -0.531. The van der Waals surface area contributed by atoms with E-state index in [1.54, 1.807) is 36.4 Å². The standard InChI is InChI=1S/C19H12ClFN4O2/c20-14-5-1-12(2-6-14)16-9-10-18-23-24(19(27)25(18)22-16)11-17(26)13-3-7-15(21)8-4-13/h1-10H,11H2. The molecule has 0 spiro atoms. The van der Waals surface area contributed by atoms with E-state index in [-0.39, 0.29) is 12.3 Å². The first-order chi connectivity index (χ1) is 13.0. The fraction of sp³-hybridized carbons (Fsp3) is 0.0526. The molecule has 27 heavy (non-hydrogen) atoms. The number of halogens is 2. The quantitative estimate of drug-likeness (QED) is 0.508. The Morgan fingerprint density at radius 2 is 1.67 bits per heavy atom. The lowest BCUT2D eigenvalue weighted by Gasteiger charge is -2.00. The summed E-state index contributed by atoms with van der Waals surface area (Å²) in [6.45, 7) is -0.260. The van der Waals surface area contributed by atoms with Crippen molar-refractivity contribution in [2.75, 3.05) is 0 Å². The number of aromatic nitrogens is 4. The minimum Gasteiger partial charge on any atom is -0.292 e. The molecule has 0 bridgehead atoms. The molecule has 2 aromatic heterocycles. The van der Waals surface area contributed by atoms with Gasteiger partial charge >= 0.3 is 5.69 Å². The van der Waals surface area contributed by atoms with Gasteiger partial charge in [0.25, 0.3) is 0 Å². The number of fused-ring (bicyclic) bond motifs is 1. The predicted octanol–water partition coefficient (Wildman–Crippen LogP) is 3.23. The number of benzene rings is 2. The number of carbonyl (C=O) groups excluding carboxylic acids is 1. The number of Topliss-reactive ketones (excluding diaryl/α,β-unsaturated/α-hetero) is 1. The number of hydrogen-bond donors (Lipinski definition) is 0. The molecule has 2 heterocycles. The van der Waals surface area contributed by atoms with Crippen LogP contribution in [0.5, 0.6) is 0 Å². The Labute approximate surface area is 157 Å². The van der Waals surface area contributed by atoms with Gasteiger partial charge in [0, 0.05) is 16.1 Å². The van der Waals surface area contributed by atoms with Gasteiger partial charge in [0.05, 0.1) is 5.69 Å². The number of rotatable bonds is 4. The van der Waals surface area contributed by atoms with Gasteiger partial charge < -0.3 is 0 Å². The van der Waals surface area contributed by atoms with Crippen molar-refractivity contribution in [2.24, 2.45) is 0 Å². The van der Waals surface area contributed by atoms with Crippen molar-refractivity contribution in [3.05, 3.63) is 87.6 Å². The largest absolute Gasteiger partial charge is 0.367 e. The van der Waals surface area contributed by atoms with Crippen LogP contribution < -0.4 is 5.69 Å². The Balaban J connectivity index is 1.67. The van der Waals surface area contributed by atoms with Crippen LogP contribution in [-0.4, -0.2) is 25.2 Å². The maximum Gasteiger partial charge on any atom is 0.367 e. The molecule has 0 amide bonds. The van der Waals surface area contributed by atoms with Gasteiger partial charge in [0.1, 0.15) is 12.4 Å². The summed E-state index contributed by atoms with van der Waals surface area (Å²) in [7, 11) is 0. The molecule has 0 saturated carbocycles. The van der Waals surface area contributed by atoms with Crippen molar-refractivity contribution in [1.82, 2.24) is 19.4 Å². The molecule has 4 aromatic rings. The molecule has 0 unspecified atom stereocenters. The summed E-state index contributed by atoms with van der Waals surface area (Å²) >= 11 is 5.89. The van der Waals surface area contributed by atoms with Gasteiger partial charge in [-0.1, -0.05) is 23.7 Å². The summed E-state index contributed by atoms with van der Waals surface area (Å²) in [6, 6.07) is 15.6. The lowest BCUT2D eigenvalue weighted by Crippen LogP contribution is -2.26. The highest BCUT2D eigenvalue weighted by Gasteiger charge is 2.14. The van der Waals surface area contributed by atoms with E-state index < -0.39 is 11.5 Å². The van der Waals surface area contributed by atoms with Crippen molar-refractivity contribution >= 4 is 23.0 Å². The third-order valence-corrected chi connectivity index (χ3v) is 4.29. The Hall–Kier alpha value is -3.32. The zero-order valence-corrected chi connectivity index (χ0v) is 14.6. The molecule has 0 aliphatic rings. The molecule has 0 fully saturated rings. The molecule has 0 aliphatic heterocycles. The van der Waals surface area contributed by atoms with Gasteiger partial charge in [-0.3, -0.25) is 4.79 Å². The summed E-state index contributed by atoms with van der Waals surface area (Å²) in [5.74, 6) is -0.784. The number of nitrogens with zero attached hydrogens (tertiary/aromatic N) is 4. The molecule has 0 radical (unpaired) electrons. The SMILES string of the molecule is O=C(Cn1nc2ccc(-c3ccc(Cl)cc3)nn2c1=O)c1ccc(F)cc1. The molecule has 0 aliphatic carbocycles. The van der Waals surface area contributed by atoms with Gasteiger partial charge in [-0.15, -0.1) is 5.10 Å². The van der Waals surface area contributed by atoms with Crippen LogP contribution in [0.15, 0.2) is 65.5 Å². The van der Waals surface area contributed by atoms with Crippen LogP contribution in [0.1, 0.15) is 10.4 Å². The topological polar surface area (TPSA) is 69.3 Å². The molecule has 0 N–H and O–H groups in total. The van der Waals surface area contributed by atoms with Crippen molar-refractivity contribution in [3.63, 3.8) is 0 Å². The molecule has 0 saturated heterocycles. The van der Waals surface area contributed by atoms with E-state index >= 15 is 0 Å². The highest BCUT2D eigenvalue weighted by molar-refractivity contribution is 6.30. The Kier molecular flexibility index (Phi) is 4.29. The lowest BCUT2D eigenvalue weighted by atomic mass is 10.1. The monoisotopic (exact) mass is 382 g/mol. The molecule has 8 heteroatoms. The third-order valence-electron chi connectivity index (χ3n) is 4.04. The molecule has 2 aromatic carbocycles. The Morgan fingerprint density at radius 1 is 0.963 bits per heavy atom. The van der Waals surface area contributed by atoms with Crippen LogP contribution in [0.4, 0.5) is 4.39 Å². The van der Waals surface area contributed by atoms with Crippen molar-refractivity contribution < 1.29 is 9.18 Å². The van der Waals surface area contributed by atoms with Crippen LogP contribution in [0.25, 0.3) is 16.9 Å². The molecule has 134 valence electrons. The first kappa shape index (κ1) is 17.1. The van der Waals surface area contributed by atoms with Crippen LogP contribution in [0.2, 0.25) is 5.02 Å². The van der Waals surface area contributed by atoms with Crippen LogP contribution in [-0.2, 0) is 6.54 Å². The van der Waals surface area contributed by atoms with Gasteiger partial charge in [-0.05, 0) is 48.5 Å². The number of carbonyl (C=O) groups is 1. The van der Waals surface area contributed by atoms with E-state index in [0.717, 1.165) is 14.8 Å². The zero-order valence-electron chi connectivity index (χ0n) is 13.8. The number of hydrogen-bond acceptors (Lipinski definition) is 4. The smallest absolute Gasteiger partial charge is 0.292 e. The minimum absolute atomic E-state index is 0.260. The van der Waals surface area contributed by atoms with E-state index in [1.165, 1.54) is 24.3 Å². The van der Waals surface area contributed by atoms with Gasteiger partial charge in [0.15, 0.2) is 11.4 Å². The van der Waals surface area contributed by atoms with Crippen molar-refractivity contribution in [2.45, 2.75) is 6.54 Å². The third kappa shape index (κ3) is 3.37. The van der Waals surface area contributed by atoms with Gasteiger partial charge in [-0.2, -0.15) is 9.61 Å². The van der Waals surface area contributed by atoms with Crippen molar-refractivity contribution in [1.29, 1.82) is 0 Å². The Bertz CT molecular complexity index is 1200. The molecule has 0 atom stereocenters. The average Bonchev–Trinajstić information content (AvgIpc) is 2.98. The first-order valence-corrected chi connectivity index (χ1v) is 8.41. The highest BCUT2D eigenvalue weighted by Crippen LogP contribution is 2.19. The first-order valence-electron chi connectivity index (χ1n) is 8.03. The number of ketones is 1. The van der Waals surface area contributed by atoms with E-state index in [0.29, 0.717) is 21.9 Å². The molecule has 6 nitrogen and oxygen atoms in total. The maximum atomic E-state index is 13.0. The average molecular weight is 383 g/mol. The summed E-state index contributed by atoms with van der Waals surface area (Å²) in [5.41, 5.74) is 1.46. The second-order valence-electron chi connectivity index (χ2n) is 5.87. The summed E-state index contributed by atoms with van der Waals surface area (Å²) in [4.78, 5) is 24.9. The summed E-state index contributed by atoms with van der Waals surface area (Å²) in [5, 5.41) is 9.04. The highest BCUT2D eigenvalue weighted by atomic mass is 35.5. The Morgan fingerprint density at radius 3 is 2.37 bits per heavy atom. The normalized spacial score (nSPS) is 11.0. The predicted molar refractivity (Wildman–Crippen MR) is 98.4 cm³/mol. The van der Waals surface area contributed by atoms with Gasteiger partial charge in [-0.25, -0.2) is 13.9 Å². The maximum absolute atomic E-state index is 13.0. The zero-order chi connectivity index (χ0) is 19.0. The van der Waals surface area contributed by atoms with Crippen LogP contribution >= 0.6 is 11.6 Å². The van der Waals surface area contributed by atoms with Crippen LogP contribution in [0, 0.1) is 5.82 Å². The van der Waals surface area contributed by atoms with E-state index in [4.69, 9.17) is 11.6 Å². The second kappa shape index (κ2) is 6.77. The molecule has 4 rings (SSSR count). The molecular weight excluding hydrogens is 371 g/mol. The van der Waals surface area contributed by atoms with Crippen LogP contribution in [0.3, 0.4) is 0 Å². The van der Waals surface area contributed by atoms with E-state index in [1.807, 2.05) is 0 Å². The van der Waals surface area contributed by atoms with E-state index in [2.05, 4.69) is 10.2 Å². The van der Waals surface area contributed by atoms with E-state index in [9.17, 15) is 14.0 Å². The summed E-state index contributed by atoms with van der Waals surface area (Å²) < 4.78 is 15.2.